The molecule has 0 saturated heterocycles. The van der Waals surface area contributed by atoms with Gasteiger partial charge in [-0.15, -0.1) is 0 Å². The molecule has 1 aromatic carbocycles. The number of nitro groups is 1. The zero-order valence-electron chi connectivity index (χ0n) is 9.31. The second kappa shape index (κ2) is 5.24. The van der Waals surface area contributed by atoms with E-state index < -0.39 is 4.92 Å². The molecule has 0 aliphatic rings. The third kappa shape index (κ3) is 2.61. The Balaban J connectivity index is 2.25. The van der Waals surface area contributed by atoms with Crippen molar-refractivity contribution in [3.8, 4) is 11.6 Å². The van der Waals surface area contributed by atoms with E-state index in [0.29, 0.717) is 5.56 Å². The Hall–Kier alpha value is -2.47. The maximum Gasteiger partial charge on any atom is 0.311 e. The minimum Gasteiger partial charge on any atom is -0.432 e. The number of para-hydroxylation sites is 2. The van der Waals surface area contributed by atoms with Gasteiger partial charge in [-0.2, -0.15) is 0 Å². The van der Waals surface area contributed by atoms with E-state index in [4.69, 9.17) is 9.84 Å². The number of pyridine rings is 1. The Morgan fingerprint density at radius 2 is 2.06 bits per heavy atom. The van der Waals surface area contributed by atoms with Crippen LogP contribution in [0.2, 0.25) is 0 Å². The molecule has 0 aliphatic carbocycles. The highest BCUT2D eigenvalue weighted by Crippen LogP contribution is 2.29. The van der Waals surface area contributed by atoms with E-state index in [1.54, 1.807) is 24.3 Å². The van der Waals surface area contributed by atoms with Crippen molar-refractivity contribution in [1.29, 1.82) is 0 Å². The van der Waals surface area contributed by atoms with Crippen LogP contribution in [0.4, 0.5) is 5.69 Å². The van der Waals surface area contributed by atoms with Crippen molar-refractivity contribution in [3.05, 3.63) is 58.3 Å². The Morgan fingerprint density at radius 1 is 1.28 bits per heavy atom. The van der Waals surface area contributed by atoms with E-state index in [-0.39, 0.29) is 23.9 Å². The average molecular weight is 246 g/mol. The van der Waals surface area contributed by atoms with Gasteiger partial charge >= 0.3 is 5.69 Å². The smallest absolute Gasteiger partial charge is 0.311 e. The highest BCUT2D eigenvalue weighted by molar-refractivity contribution is 5.47. The second-order valence-electron chi connectivity index (χ2n) is 3.49. The summed E-state index contributed by atoms with van der Waals surface area (Å²) in [5, 5.41) is 19.6. The van der Waals surface area contributed by atoms with Gasteiger partial charge in [0, 0.05) is 18.3 Å². The molecule has 0 bridgehead atoms. The topological polar surface area (TPSA) is 85.5 Å². The van der Waals surface area contributed by atoms with E-state index >= 15 is 0 Å². The highest BCUT2D eigenvalue weighted by Gasteiger charge is 2.14. The SMILES string of the molecule is O=[N+]([O-])c1ccccc1Oc1ccc(CO)cn1. The second-order valence-corrected chi connectivity index (χ2v) is 3.49. The molecule has 0 radical (unpaired) electrons. The van der Waals surface area contributed by atoms with Gasteiger partial charge in [-0.25, -0.2) is 4.98 Å². The molecule has 6 nitrogen and oxygen atoms in total. The summed E-state index contributed by atoms with van der Waals surface area (Å²) >= 11 is 0. The fourth-order valence-corrected chi connectivity index (χ4v) is 1.37. The Labute approximate surface area is 103 Å². The van der Waals surface area contributed by atoms with Crippen LogP contribution in [0.25, 0.3) is 0 Å². The molecular formula is C12H10N2O4. The molecule has 0 unspecified atom stereocenters. The zero-order chi connectivity index (χ0) is 13.0. The number of hydrogen-bond donors (Lipinski definition) is 1. The van der Waals surface area contributed by atoms with Crippen molar-refractivity contribution in [3.63, 3.8) is 0 Å². The summed E-state index contributed by atoms with van der Waals surface area (Å²) in [4.78, 5) is 14.2. The fourth-order valence-electron chi connectivity index (χ4n) is 1.37. The van der Waals surface area contributed by atoms with Gasteiger partial charge in [0.2, 0.25) is 11.6 Å². The number of aliphatic hydroxyl groups excluding tert-OH is 1. The van der Waals surface area contributed by atoms with Crippen LogP contribution in [-0.4, -0.2) is 15.0 Å². The predicted octanol–water partition coefficient (Wildman–Crippen LogP) is 2.27. The number of nitrogens with zero attached hydrogens (tertiary/aromatic N) is 2. The van der Waals surface area contributed by atoms with Crippen LogP contribution < -0.4 is 4.74 Å². The molecule has 0 aliphatic heterocycles. The van der Waals surface area contributed by atoms with Gasteiger partial charge in [-0.3, -0.25) is 10.1 Å². The number of hydrogen-bond acceptors (Lipinski definition) is 5. The molecule has 0 saturated carbocycles. The predicted molar refractivity (Wildman–Crippen MR) is 63.3 cm³/mol. The van der Waals surface area contributed by atoms with Crippen molar-refractivity contribution in [1.82, 2.24) is 4.98 Å². The van der Waals surface area contributed by atoms with E-state index in [1.807, 2.05) is 0 Å². The summed E-state index contributed by atoms with van der Waals surface area (Å²) in [5.41, 5.74) is 0.524. The van der Waals surface area contributed by atoms with Crippen LogP contribution in [0.1, 0.15) is 5.56 Å². The third-order valence-corrected chi connectivity index (χ3v) is 2.26. The van der Waals surface area contributed by atoms with Gasteiger partial charge in [0.1, 0.15) is 0 Å². The first kappa shape index (κ1) is 12.0. The lowest BCUT2D eigenvalue weighted by Gasteiger charge is -2.05. The normalized spacial score (nSPS) is 10.1. The van der Waals surface area contributed by atoms with E-state index in [1.165, 1.54) is 18.3 Å². The van der Waals surface area contributed by atoms with Crippen molar-refractivity contribution in [2.75, 3.05) is 0 Å². The van der Waals surface area contributed by atoms with Crippen molar-refractivity contribution >= 4 is 5.69 Å². The van der Waals surface area contributed by atoms with Crippen molar-refractivity contribution in [2.45, 2.75) is 6.61 Å². The molecule has 6 heteroatoms. The summed E-state index contributed by atoms with van der Waals surface area (Å²) in [6.45, 7) is -0.112. The highest BCUT2D eigenvalue weighted by atomic mass is 16.6. The molecular weight excluding hydrogens is 236 g/mol. The zero-order valence-corrected chi connectivity index (χ0v) is 9.31. The lowest BCUT2D eigenvalue weighted by Crippen LogP contribution is -1.94. The molecule has 1 aromatic heterocycles. The minimum absolute atomic E-state index is 0.112. The van der Waals surface area contributed by atoms with Crippen LogP contribution >= 0.6 is 0 Å². The third-order valence-electron chi connectivity index (χ3n) is 2.26. The first-order chi connectivity index (χ1) is 8.70. The van der Waals surface area contributed by atoms with Gasteiger partial charge in [-0.1, -0.05) is 12.1 Å². The van der Waals surface area contributed by atoms with Gasteiger partial charge in [0.25, 0.3) is 0 Å². The Kier molecular flexibility index (Phi) is 3.49. The summed E-state index contributed by atoms with van der Waals surface area (Å²) in [6.07, 6.45) is 1.45. The molecule has 18 heavy (non-hydrogen) atoms. The van der Waals surface area contributed by atoms with Gasteiger partial charge in [0.15, 0.2) is 0 Å². The number of nitro benzene ring substituents is 1. The molecule has 1 N–H and O–H groups in total. The number of ether oxygens (including phenoxy) is 1. The maximum absolute atomic E-state index is 10.8. The summed E-state index contributed by atoms with van der Waals surface area (Å²) in [7, 11) is 0. The lowest BCUT2D eigenvalue weighted by molar-refractivity contribution is -0.385. The van der Waals surface area contributed by atoms with Crippen molar-refractivity contribution < 1.29 is 14.8 Å². The van der Waals surface area contributed by atoms with Crippen LogP contribution in [0.15, 0.2) is 42.6 Å². The van der Waals surface area contributed by atoms with Crippen LogP contribution in [0, 0.1) is 10.1 Å². The minimum atomic E-state index is -0.516. The van der Waals surface area contributed by atoms with Crippen molar-refractivity contribution in [2.24, 2.45) is 0 Å². The Morgan fingerprint density at radius 3 is 2.67 bits per heavy atom. The quantitative estimate of drug-likeness (QED) is 0.660. The summed E-state index contributed by atoms with van der Waals surface area (Å²) < 4.78 is 5.34. The molecule has 1 heterocycles. The average Bonchev–Trinajstić information content (AvgIpc) is 2.40. The summed E-state index contributed by atoms with van der Waals surface area (Å²) in [5.74, 6) is 0.369. The molecule has 0 atom stereocenters. The Bertz CT molecular complexity index is 554. The number of benzene rings is 1. The van der Waals surface area contributed by atoms with E-state index in [0.717, 1.165) is 0 Å². The lowest BCUT2D eigenvalue weighted by atomic mass is 10.3. The largest absolute Gasteiger partial charge is 0.432 e. The van der Waals surface area contributed by atoms with Crippen LogP contribution in [0.5, 0.6) is 11.6 Å². The van der Waals surface area contributed by atoms with Crippen LogP contribution in [-0.2, 0) is 6.61 Å². The van der Waals surface area contributed by atoms with Crippen LogP contribution in [0.3, 0.4) is 0 Å². The first-order valence-corrected chi connectivity index (χ1v) is 5.18. The van der Waals surface area contributed by atoms with Gasteiger partial charge < -0.3 is 9.84 Å². The molecule has 0 spiro atoms. The molecule has 2 aromatic rings. The van der Waals surface area contributed by atoms with E-state index in [2.05, 4.69) is 4.98 Å². The molecule has 0 amide bonds. The molecule has 0 fully saturated rings. The van der Waals surface area contributed by atoms with Gasteiger partial charge in [0.05, 0.1) is 11.5 Å². The number of rotatable bonds is 4. The molecule has 2 rings (SSSR count). The fraction of sp³-hybridized carbons (Fsp3) is 0.0833. The van der Waals surface area contributed by atoms with E-state index in [9.17, 15) is 10.1 Å². The maximum atomic E-state index is 10.8. The van der Waals surface area contributed by atoms with Gasteiger partial charge in [-0.05, 0) is 17.7 Å². The summed E-state index contributed by atoms with van der Waals surface area (Å²) in [6, 6.07) is 9.24. The molecule has 92 valence electrons. The standard InChI is InChI=1S/C12H10N2O4/c15-8-9-5-6-12(13-7-9)18-11-4-2-1-3-10(11)14(16)17/h1-7,15H,8H2. The number of aromatic nitrogens is 1. The monoisotopic (exact) mass is 246 g/mol. The number of aliphatic hydroxyl groups is 1. The first-order valence-electron chi connectivity index (χ1n) is 5.18.